The first kappa shape index (κ1) is 12.4. The zero-order valence-electron chi connectivity index (χ0n) is 9.02. The molecule has 1 fully saturated rings. The van der Waals surface area contributed by atoms with Gasteiger partial charge in [-0.05, 0) is 25.7 Å². The second-order valence-electron chi connectivity index (χ2n) is 3.96. The summed E-state index contributed by atoms with van der Waals surface area (Å²) in [5.41, 5.74) is 0. The maximum Gasteiger partial charge on any atom is 0.308 e. The Labute approximate surface area is 90.2 Å². The van der Waals surface area contributed by atoms with Gasteiger partial charge in [-0.1, -0.05) is 0 Å². The fourth-order valence-electron chi connectivity index (χ4n) is 1.92. The van der Waals surface area contributed by atoms with E-state index in [4.69, 9.17) is 0 Å². The summed E-state index contributed by atoms with van der Waals surface area (Å²) in [5.74, 6) is -0.250. The number of nitrogens with one attached hydrogen (secondary N) is 1. The Hall–Kier alpha value is -0.620. The molecule has 1 saturated carbocycles. The van der Waals surface area contributed by atoms with Crippen molar-refractivity contribution in [3.8, 4) is 0 Å². The van der Waals surface area contributed by atoms with Crippen molar-refractivity contribution in [2.75, 3.05) is 13.4 Å². The minimum atomic E-state index is -3.13. The van der Waals surface area contributed by atoms with Gasteiger partial charge in [-0.15, -0.1) is 0 Å². The molecule has 1 aliphatic carbocycles. The van der Waals surface area contributed by atoms with Gasteiger partial charge >= 0.3 is 5.97 Å². The van der Waals surface area contributed by atoms with Crippen LogP contribution < -0.4 is 4.72 Å². The molecule has 88 valence electrons. The van der Waals surface area contributed by atoms with Crippen LogP contribution in [0.15, 0.2) is 0 Å². The zero-order valence-corrected chi connectivity index (χ0v) is 9.84. The standard InChI is InChI=1S/C9H17NO4S/c1-14-9(11)7-3-5-8(6-4-7)10-15(2,12)13/h7-8,10H,3-6H2,1-2H3/t7-,8-. The molecular weight excluding hydrogens is 218 g/mol. The molecule has 0 spiro atoms. The largest absolute Gasteiger partial charge is 0.469 e. The average molecular weight is 235 g/mol. The lowest BCUT2D eigenvalue weighted by molar-refractivity contribution is -0.146. The summed E-state index contributed by atoms with van der Waals surface area (Å²) in [6.45, 7) is 0. The lowest BCUT2D eigenvalue weighted by Crippen LogP contribution is -2.38. The maximum absolute atomic E-state index is 11.2. The van der Waals surface area contributed by atoms with Crippen molar-refractivity contribution in [2.45, 2.75) is 31.7 Å². The molecule has 1 rings (SSSR count). The minimum Gasteiger partial charge on any atom is -0.469 e. The fourth-order valence-corrected chi connectivity index (χ4v) is 2.76. The molecule has 5 nitrogen and oxygen atoms in total. The molecular formula is C9H17NO4S. The van der Waals surface area contributed by atoms with Gasteiger partial charge in [0.05, 0.1) is 19.3 Å². The van der Waals surface area contributed by atoms with Crippen LogP contribution in [-0.4, -0.2) is 33.8 Å². The molecule has 0 atom stereocenters. The third kappa shape index (κ3) is 4.17. The first-order chi connectivity index (χ1) is 6.92. The highest BCUT2D eigenvalue weighted by atomic mass is 32.2. The topological polar surface area (TPSA) is 72.5 Å². The van der Waals surface area contributed by atoms with Gasteiger partial charge in [0.1, 0.15) is 0 Å². The summed E-state index contributed by atoms with van der Waals surface area (Å²) in [6.07, 6.45) is 3.94. The molecule has 0 aromatic carbocycles. The van der Waals surface area contributed by atoms with Crippen molar-refractivity contribution in [1.82, 2.24) is 4.72 Å². The van der Waals surface area contributed by atoms with E-state index in [-0.39, 0.29) is 17.9 Å². The monoisotopic (exact) mass is 235 g/mol. The molecule has 0 aromatic rings. The Kier molecular flexibility index (Phi) is 4.10. The van der Waals surface area contributed by atoms with E-state index in [9.17, 15) is 13.2 Å². The van der Waals surface area contributed by atoms with Gasteiger partial charge < -0.3 is 4.74 Å². The summed E-state index contributed by atoms with van der Waals surface area (Å²) in [4.78, 5) is 11.2. The Morgan fingerprint density at radius 1 is 1.27 bits per heavy atom. The summed E-state index contributed by atoms with van der Waals surface area (Å²) < 4.78 is 29.1. The van der Waals surface area contributed by atoms with E-state index in [1.54, 1.807) is 0 Å². The van der Waals surface area contributed by atoms with Gasteiger partial charge in [0, 0.05) is 6.04 Å². The molecule has 1 aliphatic rings. The molecule has 6 heteroatoms. The van der Waals surface area contributed by atoms with E-state index in [0.717, 1.165) is 6.26 Å². The van der Waals surface area contributed by atoms with Crippen molar-refractivity contribution in [1.29, 1.82) is 0 Å². The molecule has 0 unspecified atom stereocenters. The van der Waals surface area contributed by atoms with Crippen LogP contribution in [0.1, 0.15) is 25.7 Å². The fraction of sp³-hybridized carbons (Fsp3) is 0.889. The van der Waals surface area contributed by atoms with E-state index in [1.807, 2.05) is 0 Å². The van der Waals surface area contributed by atoms with Crippen molar-refractivity contribution in [2.24, 2.45) is 5.92 Å². The SMILES string of the molecule is COC(=O)[C@H]1CC[C@H](NS(C)(=O)=O)CC1. The van der Waals surface area contributed by atoms with Crippen molar-refractivity contribution in [3.63, 3.8) is 0 Å². The van der Waals surface area contributed by atoms with Gasteiger partial charge in [0.2, 0.25) is 10.0 Å². The predicted molar refractivity (Wildman–Crippen MR) is 55.7 cm³/mol. The van der Waals surface area contributed by atoms with E-state index in [1.165, 1.54) is 7.11 Å². The zero-order chi connectivity index (χ0) is 11.5. The van der Waals surface area contributed by atoms with Crippen LogP contribution in [0.25, 0.3) is 0 Å². The number of sulfonamides is 1. The van der Waals surface area contributed by atoms with Gasteiger partial charge in [-0.2, -0.15) is 0 Å². The minimum absolute atomic E-state index is 0.0269. The van der Waals surface area contributed by atoms with Gasteiger partial charge in [0.25, 0.3) is 0 Å². The van der Waals surface area contributed by atoms with Crippen LogP contribution in [0.5, 0.6) is 0 Å². The molecule has 0 saturated heterocycles. The first-order valence-electron chi connectivity index (χ1n) is 4.97. The highest BCUT2D eigenvalue weighted by Crippen LogP contribution is 2.25. The van der Waals surface area contributed by atoms with Crippen LogP contribution in [0.2, 0.25) is 0 Å². The smallest absolute Gasteiger partial charge is 0.308 e. The Balaban J connectivity index is 2.39. The van der Waals surface area contributed by atoms with Crippen LogP contribution in [0.3, 0.4) is 0 Å². The molecule has 1 N–H and O–H groups in total. The number of methoxy groups -OCH3 is 1. The van der Waals surface area contributed by atoms with Crippen LogP contribution in [-0.2, 0) is 19.6 Å². The Bertz CT molecular complexity index is 317. The number of esters is 1. The predicted octanol–water partition coefficient (Wildman–Crippen LogP) is 0.267. The van der Waals surface area contributed by atoms with Crippen LogP contribution in [0.4, 0.5) is 0 Å². The van der Waals surface area contributed by atoms with Gasteiger partial charge in [-0.3, -0.25) is 4.79 Å². The van der Waals surface area contributed by atoms with E-state index in [0.29, 0.717) is 25.7 Å². The lowest BCUT2D eigenvalue weighted by atomic mass is 9.86. The average Bonchev–Trinajstić information content (AvgIpc) is 2.15. The van der Waals surface area contributed by atoms with Gasteiger partial charge in [-0.25, -0.2) is 13.1 Å². The van der Waals surface area contributed by atoms with E-state index < -0.39 is 10.0 Å². The van der Waals surface area contributed by atoms with Crippen molar-refractivity contribution < 1.29 is 17.9 Å². The normalized spacial score (nSPS) is 27.3. The highest BCUT2D eigenvalue weighted by molar-refractivity contribution is 7.88. The number of ether oxygens (including phenoxy) is 1. The van der Waals surface area contributed by atoms with Crippen LogP contribution in [0, 0.1) is 5.92 Å². The second kappa shape index (κ2) is 4.94. The third-order valence-electron chi connectivity index (χ3n) is 2.64. The summed E-state index contributed by atoms with van der Waals surface area (Å²) in [5, 5.41) is 0. The molecule has 0 heterocycles. The molecule has 15 heavy (non-hydrogen) atoms. The first-order valence-corrected chi connectivity index (χ1v) is 6.86. The maximum atomic E-state index is 11.2. The van der Waals surface area contributed by atoms with Crippen molar-refractivity contribution >= 4 is 16.0 Å². The number of rotatable bonds is 3. The number of carbonyl (C=O) groups is 1. The van der Waals surface area contributed by atoms with Gasteiger partial charge in [0.15, 0.2) is 0 Å². The molecule has 0 bridgehead atoms. The summed E-state index contributed by atoms with van der Waals surface area (Å²) >= 11 is 0. The van der Waals surface area contributed by atoms with Crippen molar-refractivity contribution in [3.05, 3.63) is 0 Å². The molecule has 0 aromatic heterocycles. The number of hydrogen-bond donors (Lipinski definition) is 1. The number of carbonyl (C=O) groups excluding carboxylic acids is 1. The molecule has 0 radical (unpaired) electrons. The third-order valence-corrected chi connectivity index (χ3v) is 3.40. The quantitative estimate of drug-likeness (QED) is 0.713. The Morgan fingerprint density at radius 3 is 2.20 bits per heavy atom. The van der Waals surface area contributed by atoms with E-state index in [2.05, 4.69) is 9.46 Å². The molecule has 0 aliphatic heterocycles. The summed E-state index contributed by atoms with van der Waals surface area (Å²) in [6, 6.07) is -0.0269. The lowest BCUT2D eigenvalue weighted by Gasteiger charge is -2.26. The number of hydrogen-bond acceptors (Lipinski definition) is 4. The second-order valence-corrected chi connectivity index (χ2v) is 5.74. The van der Waals surface area contributed by atoms with E-state index >= 15 is 0 Å². The highest BCUT2D eigenvalue weighted by Gasteiger charge is 2.27. The summed E-state index contributed by atoms with van der Waals surface area (Å²) in [7, 11) is -1.76. The Morgan fingerprint density at radius 2 is 1.80 bits per heavy atom. The van der Waals surface area contributed by atoms with Crippen LogP contribution >= 0.6 is 0 Å². The molecule has 0 amide bonds.